The van der Waals surface area contributed by atoms with Crippen molar-refractivity contribution in [2.24, 2.45) is 17.8 Å². The Morgan fingerprint density at radius 2 is 1.50 bits per heavy atom. The molecular weight excluding hydrogens is 362 g/mol. The molecule has 0 unspecified atom stereocenters. The Hall–Kier alpha value is -1.74. The Morgan fingerprint density at radius 1 is 0.893 bits per heavy atom. The van der Waals surface area contributed by atoms with Crippen molar-refractivity contribution in [1.82, 2.24) is 0 Å². The minimum atomic E-state index is 0.103. The van der Waals surface area contributed by atoms with Gasteiger partial charge in [0.05, 0.1) is 0 Å². The predicted octanol–water partition coefficient (Wildman–Crippen LogP) is 6.28. The summed E-state index contributed by atoms with van der Waals surface area (Å²) in [6.45, 7) is 0. The maximum Gasteiger partial charge on any atom is 0.225 e. The van der Waals surface area contributed by atoms with Gasteiger partial charge in [-0.15, -0.1) is 11.8 Å². The minimum absolute atomic E-state index is 0.103. The van der Waals surface area contributed by atoms with Crippen LogP contribution >= 0.6 is 11.8 Å². The highest BCUT2D eigenvalue weighted by Crippen LogP contribution is 2.60. The van der Waals surface area contributed by atoms with Crippen LogP contribution < -0.4 is 5.32 Å². The van der Waals surface area contributed by atoms with E-state index in [1.165, 1.54) is 49.0 Å². The lowest BCUT2D eigenvalue weighted by atomic mass is 9.48. The van der Waals surface area contributed by atoms with E-state index in [-0.39, 0.29) is 5.91 Å². The van der Waals surface area contributed by atoms with Crippen LogP contribution in [0.5, 0.6) is 0 Å². The summed E-state index contributed by atoms with van der Waals surface area (Å²) in [5.41, 5.74) is 2.89. The summed E-state index contributed by atoms with van der Waals surface area (Å²) in [6, 6.07) is 19.1. The van der Waals surface area contributed by atoms with Crippen molar-refractivity contribution >= 4 is 23.4 Å². The molecule has 1 amide bonds. The number of thioether (sulfide) groups is 1. The lowest BCUT2D eigenvalue weighted by Gasteiger charge is -2.57. The fraction of sp³-hybridized carbons (Fsp3) is 0.480. The number of carbonyl (C=O) groups is 1. The van der Waals surface area contributed by atoms with Crippen molar-refractivity contribution in [2.75, 3.05) is 11.1 Å². The molecule has 2 aromatic carbocycles. The van der Waals surface area contributed by atoms with Crippen LogP contribution in [0, 0.1) is 17.8 Å². The predicted molar refractivity (Wildman–Crippen MR) is 117 cm³/mol. The number of hydrogen-bond acceptors (Lipinski definition) is 2. The SMILES string of the molecule is O=C(CCSc1ccccc1)Nc1ccc(C23CC4CC(CC(C4)C2)C3)cc1. The quantitative estimate of drug-likeness (QED) is 0.588. The van der Waals surface area contributed by atoms with Crippen molar-refractivity contribution in [3.8, 4) is 0 Å². The fourth-order valence-corrected chi connectivity index (χ4v) is 7.25. The van der Waals surface area contributed by atoms with Crippen LogP contribution in [0.25, 0.3) is 0 Å². The Morgan fingerprint density at radius 3 is 2.11 bits per heavy atom. The van der Waals surface area contributed by atoms with Crippen molar-refractivity contribution < 1.29 is 4.79 Å². The highest BCUT2D eigenvalue weighted by molar-refractivity contribution is 7.99. The molecule has 0 heterocycles. The molecule has 0 aromatic heterocycles. The van der Waals surface area contributed by atoms with Gasteiger partial charge in [-0.05, 0) is 91.5 Å². The lowest BCUT2D eigenvalue weighted by molar-refractivity contribution is -0.115. The molecule has 2 nitrogen and oxygen atoms in total. The Kier molecular flexibility index (Phi) is 4.96. The first-order valence-electron chi connectivity index (χ1n) is 10.8. The highest BCUT2D eigenvalue weighted by Gasteiger charge is 2.51. The summed E-state index contributed by atoms with van der Waals surface area (Å²) in [5, 5.41) is 3.08. The number of anilines is 1. The Balaban J connectivity index is 1.17. The molecule has 0 radical (unpaired) electrons. The summed E-state index contributed by atoms with van der Waals surface area (Å²) in [7, 11) is 0. The number of hydrogen-bond donors (Lipinski definition) is 1. The van der Waals surface area contributed by atoms with Gasteiger partial charge >= 0.3 is 0 Å². The maximum absolute atomic E-state index is 12.3. The van der Waals surface area contributed by atoms with E-state index in [2.05, 4.69) is 41.7 Å². The molecule has 0 saturated heterocycles. The topological polar surface area (TPSA) is 29.1 Å². The summed E-state index contributed by atoms with van der Waals surface area (Å²) in [6.07, 6.45) is 9.15. The Labute approximate surface area is 172 Å². The van der Waals surface area contributed by atoms with E-state index in [1.807, 2.05) is 18.2 Å². The Bertz CT molecular complexity index is 794. The molecule has 6 rings (SSSR count). The third-order valence-electron chi connectivity index (χ3n) is 7.16. The summed E-state index contributed by atoms with van der Waals surface area (Å²) in [4.78, 5) is 13.5. The molecule has 28 heavy (non-hydrogen) atoms. The molecule has 0 atom stereocenters. The molecule has 4 aliphatic carbocycles. The number of rotatable bonds is 6. The molecule has 4 fully saturated rings. The van der Waals surface area contributed by atoms with E-state index < -0.39 is 0 Å². The van der Waals surface area contributed by atoms with E-state index in [0.717, 1.165) is 29.2 Å². The number of nitrogens with one attached hydrogen (secondary N) is 1. The minimum Gasteiger partial charge on any atom is -0.326 e. The molecule has 4 bridgehead atoms. The van der Waals surface area contributed by atoms with Gasteiger partial charge in [0.2, 0.25) is 5.91 Å². The van der Waals surface area contributed by atoms with Gasteiger partial charge in [0.25, 0.3) is 0 Å². The molecule has 0 aliphatic heterocycles. The summed E-state index contributed by atoms with van der Waals surface area (Å²) in [5.74, 6) is 3.81. The zero-order valence-electron chi connectivity index (χ0n) is 16.4. The summed E-state index contributed by atoms with van der Waals surface area (Å²) < 4.78 is 0. The average molecular weight is 392 g/mol. The molecule has 4 saturated carbocycles. The standard InChI is InChI=1S/C25H29NOS/c27-24(10-11-28-23-4-2-1-3-5-23)26-22-8-6-21(7-9-22)25-15-18-12-19(16-25)14-20(13-18)17-25/h1-9,18-20H,10-17H2,(H,26,27). The monoisotopic (exact) mass is 391 g/mol. The summed E-state index contributed by atoms with van der Waals surface area (Å²) >= 11 is 1.73. The number of carbonyl (C=O) groups excluding carboxylic acids is 1. The average Bonchev–Trinajstić information content (AvgIpc) is 2.68. The first-order valence-corrected chi connectivity index (χ1v) is 11.8. The maximum atomic E-state index is 12.3. The van der Waals surface area contributed by atoms with E-state index >= 15 is 0 Å². The van der Waals surface area contributed by atoms with Gasteiger partial charge in [-0.25, -0.2) is 0 Å². The second kappa shape index (κ2) is 7.59. The van der Waals surface area contributed by atoms with Crippen molar-refractivity contribution in [3.05, 3.63) is 60.2 Å². The number of amides is 1. The van der Waals surface area contributed by atoms with Crippen molar-refractivity contribution in [3.63, 3.8) is 0 Å². The third kappa shape index (κ3) is 3.74. The molecule has 0 spiro atoms. The van der Waals surface area contributed by atoms with E-state index in [4.69, 9.17) is 0 Å². The molecule has 4 aliphatic rings. The van der Waals surface area contributed by atoms with Gasteiger partial charge in [0.15, 0.2) is 0 Å². The number of benzene rings is 2. The first kappa shape index (κ1) is 18.3. The van der Waals surface area contributed by atoms with E-state index in [1.54, 1.807) is 11.8 Å². The molecule has 2 aromatic rings. The van der Waals surface area contributed by atoms with Crippen LogP contribution in [0.15, 0.2) is 59.5 Å². The van der Waals surface area contributed by atoms with Gasteiger partial charge in [-0.2, -0.15) is 0 Å². The van der Waals surface area contributed by atoms with Gasteiger partial charge < -0.3 is 5.32 Å². The largest absolute Gasteiger partial charge is 0.326 e. The third-order valence-corrected chi connectivity index (χ3v) is 8.17. The fourth-order valence-electron chi connectivity index (χ4n) is 6.37. The van der Waals surface area contributed by atoms with Crippen LogP contribution in [0.3, 0.4) is 0 Å². The van der Waals surface area contributed by atoms with Crippen molar-refractivity contribution in [2.45, 2.75) is 55.3 Å². The van der Waals surface area contributed by atoms with Crippen LogP contribution in [-0.2, 0) is 10.2 Å². The first-order chi connectivity index (χ1) is 13.7. The van der Waals surface area contributed by atoms with Gasteiger partial charge in [-0.1, -0.05) is 30.3 Å². The zero-order chi connectivity index (χ0) is 19.0. The molecular formula is C25H29NOS. The molecule has 146 valence electrons. The van der Waals surface area contributed by atoms with Crippen LogP contribution in [0.1, 0.15) is 50.5 Å². The van der Waals surface area contributed by atoms with E-state index in [0.29, 0.717) is 11.8 Å². The van der Waals surface area contributed by atoms with E-state index in [9.17, 15) is 4.79 Å². The molecule has 1 N–H and O–H groups in total. The van der Waals surface area contributed by atoms with Crippen molar-refractivity contribution in [1.29, 1.82) is 0 Å². The smallest absolute Gasteiger partial charge is 0.225 e. The lowest BCUT2D eigenvalue weighted by Crippen LogP contribution is -2.48. The highest BCUT2D eigenvalue weighted by atomic mass is 32.2. The second-order valence-corrected chi connectivity index (χ2v) is 10.4. The van der Waals surface area contributed by atoms with Gasteiger partial charge in [-0.3, -0.25) is 4.79 Å². The van der Waals surface area contributed by atoms with Gasteiger partial charge in [0, 0.05) is 22.8 Å². The van der Waals surface area contributed by atoms with Crippen LogP contribution in [0.2, 0.25) is 0 Å². The van der Waals surface area contributed by atoms with Crippen LogP contribution in [-0.4, -0.2) is 11.7 Å². The van der Waals surface area contributed by atoms with Crippen LogP contribution in [0.4, 0.5) is 5.69 Å². The normalized spacial score (nSPS) is 30.4. The molecule has 3 heteroatoms. The van der Waals surface area contributed by atoms with Gasteiger partial charge in [0.1, 0.15) is 0 Å². The zero-order valence-corrected chi connectivity index (χ0v) is 17.2. The second-order valence-electron chi connectivity index (χ2n) is 9.23.